The second kappa shape index (κ2) is 20.5. The van der Waals surface area contributed by atoms with Gasteiger partial charge in [0.15, 0.2) is 0 Å². The topological polar surface area (TPSA) is 171 Å². The third kappa shape index (κ3) is 12.1. The average Bonchev–Trinajstić information content (AvgIpc) is 3.94. The monoisotopic (exact) mass is 938 g/mol. The number of hydrogen-bond acceptors (Lipinski definition) is 7. The molecule has 0 atom stereocenters. The first kappa shape index (κ1) is 43.4. The summed E-state index contributed by atoms with van der Waals surface area (Å²) in [5.41, 5.74) is 6.04. The van der Waals surface area contributed by atoms with Gasteiger partial charge in [-0.3, -0.25) is 24.1 Å². The minimum absolute atomic E-state index is 0. The summed E-state index contributed by atoms with van der Waals surface area (Å²) in [5.74, 6) is -1.37. The van der Waals surface area contributed by atoms with Crippen LogP contribution in [-0.4, -0.2) is 74.9 Å². The van der Waals surface area contributed by atoms with Crippen LogP contribution in [0.5, 0.6) is 5.75 Å². The Bertz CT molecular complexity index is 1930. The second-order valence-corrected chi connectivity index (χ2v) is 15.1. The zero-order chi connectivity index (χ0) is 37.3. The van der Waals surface area contributed by atoms with Crippen LogP contribution in [0.25, 0.3) is 0 Å². The molecule has 6 N–H and O–H groups in total. The number of benzene rings is 3. The number of anilines is 2. The number of phenolic OH excluding ortho intramolecular Hbond substituents is 1. The first-order valence-corrected chi connectivity index (χ1v) is 19.4. The van der Waals surface area contributed by atoms with Crippen molar-refractivity contribution in [2.24, 2.45) is 0 Å². The number of rotatable bonds is 17. The van der Waals surface area contributed by atoms with E-state index in [1.54, 1.807) is 23.1 Å². The van der Waals surface area contributed by atoms with Crippen molar-refractivity contribution in [1.29, 1.82) is 0 Å². The molecule has 0 unspecified atom stereocenters. The van der Waals surface area contributed by atoms with E-state index in [0.717, 1.165) is 78.5 Å². The van der Waals surface area contributed by atoms with E-state index in [1.807, 2.05) is 61.5 Å². The Labute approximate surface area is 340 Å². The number of nitrogens with one attached hydrogen (secondary N) is 2. The van der Waals surface area contributed by atoms with Gasteiger partial charge in [0, 0.05) is 75.8 Å². The van der Waals surface area contributed by atoms with Crippen LogP contribution in [0.2, 0.25) is 0 Å². The summed E-state index contributed by atoms with van der Waals surface area (Å²) >= 11 is 1.50. The molecule has 0 spiro atoms. The van der Waals surface area contributed by atoms with Gasteiger partial charge < -0.3 is 31.2 Å². The zero-order valence-corrected chi connectivity index (χ0v) is 34.9. The number of hydrogen-bond donors (Lipinski definition) is 4. The number of likely N-dealkylation sites (N-methyl/N-ethyl adjacent to an activating group) is 1. The van der Waals surface area contributed by atoms with Gasteiger partial charge in [-0.1, -0.05) is 36.4 Å². The van der Waals surface area contributed by atoms with Gasteiger partial charge in [0.05, 0.1) is 12.0 Å². The van der Waals surface area contributed by atoms with Crippen molar-refractivity contribution < 1.29 is 55.9 Å². The van der Waals surface area contributed by atoms with Crippen LogP contribution < -0.4 is 10.6 Å². The van der Waals surface area contributed by atoms with Crippen molar-refractivity contribution in [2.45, 2.75) is 83.7 Å². The van der Waals surface area contributed by atoms with Gasteiger partial charge in [0.1, 0.15) is 10.8 Å². The number of carbonyl (C=O) groups is 4. The molecule has 4 aromatic rings. The fourth-order valence-electron chi connectivity index (χ4n) is 6.93. The summed E-state index contributed by atoms with van der Waals surface area (Å²) in [4.78, 5) is 56.4. The number of phenols is 1. The molecule has 2 aliphatic rings. The molecular weight excluding hydrogens is 888 g/mol. The molecule has 1 heterocycles. The van der Waals surface area contributed by atoms with Gasteiger partial charge in [-0.05, 0) is 117 Å². The Morgan fingerprint density at radius 2 is 1.49 bits per heavy atom. The van der Waals surface area contributed by atoms with Crippen LogP contribution in [0.4, 0.5) is 10.7 Å². The standard InChI is InChI=1S/C42H48N4O6S.H2O.W/c1-2-45(37(48)22-23-38(49)50)24-25-46(33-18-19-33)27-30-6-5-7-31(26-30)40(51)44-42-39(35-8-3-4-9-36(35)53-42)41(52)43-32-16-12-28(13-17-32)10-11-29-14-20-34(47)21-15-29;;/h5-7,12-17,20-21,26,33,47H,2-4,8-11,18-19,22-25,27H2,1H3,(H,43,52)(H,44,51)(H,49,50);1H2;. The normalized spacial score (nSPS) is 13.2. The molecule has 3 amide bonds. The fraction of sp³-hybridized carbons (Fsp3) is 0.381. The largest absolute Gasteiger partial charge is 0.508 e. The Kier molecular flexibility index (Phi) is 16.2. The molecule has 0 saturated heterocycles. The predicted octanol–water partition coefficient (Wildman–Crippen LogP) is 6.47. The van der Waals surface area contributed by atoms with Crippen molar-refractivity contribution in [3.8, 4) is 5.75 Å². The van der Waals surface area contributed by atoms with Gasteiger partial charge >= 0.3 is 5.97 Å². The van der Waals surface area contributed by atoms with Crippen LogP contribution >= 0.6 is 11.3 Å². The van der Waals surface area contributed by atoms with Gasteiger partial charge in [-0.2, -0.15) is 0 Å². The van der Waals surface area contributed by atoms with Crippen molar-refractivity contribution in [3.05, 3.63) is 111 Å². The van der Waals surface area contributed by atoms with Gasteiger partial charge in [-0.15, -0.1) is 11.3 Å². The van der Waals surface area contributed by atoms with E-state index in [2.05, 4.69) is 15.5 Å². The van der Waals surface area contributed by atoms with Crippen LogP contribution in [0.15, 0.2) is 72.8 Å². The number of fused-ring (bicyclic) bond motifs is 1. The molecule has 55 heavy (non-hydrogen) atoms. The maximum atomic E-state index is 13.9. The molecule has 3 aromatic carbocycles. The van der Waals surface area contributed by atoms with Crippen molar-refractivity contribution >= 4 is 45.7 Å². The van der Waals surface area contributed by atoms with Crippen LogP contribution in [-0.2, 0) is 62.9 Å². The number of thiophene rings is 1. The molecule has 292 valence electrons. The molecule has 0 aliphatic heterocycles. The number of carboxylic acids is 1. The van der Waals surface area contributed by atoms with E-state index in [-0.39, 0.29) is 62.9 Å². The van der Waals surface area contributed by atoms with E-state index >= 15 is 0 Å². The van der Waals surface area contributed by atoms with Crippen molar-refractivity contribution in [1.82, 2.24) is 9.80 Å². The summed E-state index contributed by atoms with van der Waals surface area (Å²) in [6.07, 6.45) is 7.41. The summed E-state index contributed by atoms with van der Waals surface area (Å²) in [6, 6.07) is 23.1. The molecule has 0 radical (unpaired) electrons. The summed E-state index contributed by atoms with van der Waals surface area (Å²) < 4.78 is 0. The second-order valence-electron chi connectivity index (χ2n) is 14.0. The van der Waals surface area contributed by atoms with Crippen LogP contribution in [0.1, 0.15) is 93.3 Å². The summed E-state index contributed by atoms with van der Waals surface area (Å²) in [6.45, 7) is 4.24. The predicted molar refractivity (Wildman–Crippen MR) is 211 cm³/mol. The third-order valence-electron chi connectivity index (χ3n) is 10.1. The quantitative estimate of drug-likeness (QED) is 0.0940. The minimum atomic E-state index is -0.975. The number of aryl methyl sites for hydroxylation is 3. The first-order chi connectivity index (χ1) is 25.7. The first-order valence-electron chi connectivity index (χ1n) is 18.6. The molecule has 1 saturated carbocycles. The molecule has 13 heteroatoms. The smallest absolute Gasteiger partial charge is 0.303 e. The maximum absolute atomic E-state index is 13.9. The number of amides is 3. The number of carbonyl (C=O) groups excluding carboxylic acids is 3. The molecule has 1 aromatic heterocycles. The number of carboxylic acid groups (broad SMARTS) is 1. The van der Waals surface area contributed by atoms with Crippen molar-refractivity contribution in [3.63, 3.8) is 0 Å². The Balaban J connectivity index is 0.00000336. The molecular formula is C42H50N4O7SW. The van der Waals surface area contributed by atoms with E-state index < -0.39 is 5.97 Å². The minimum Gasteiger partial charge on any atom is -0.508 e. The van der Waals surface area contributed by atoms with E-state index in [9.17, 15) is 24.3 Å². The zero-order valence-electron chi connectivity index (χ0n) is 31.1. The molecule has 6 rings (SSSR count). The molecule has 1 fully saturated rings. The van der Waals surface area contributed by atoms with Crippen molar-refractivity contribution in [2.75, 3.05) is 30.3 Å². The summed E-state index contributed by atoms with van der Waals surface area (Å²) in [5, 5.41) is 25.3. The van der Waals surface area contributed by atoms with Crippen LogP contribution in [0, 0.1) is 0 Å². The maximum Gasteiger partial charge on any atom is 0.303 e. The average molecular weight is 939 g/mol. The molecule has 11 nitrogen and oxygen atoms in total. The summed E-state index contributed by atoms with van der Waals surface area (Å²) in [7, 11) is 0. The number of aromatic hydroxyl groups is 1. The molecule has 2 aliphatic carbocycles. The Hall–Kier alpha value is -4.35. The van der Waals surface area contributed by atoms with Gasteiger partial charge in [0.25, 0.3) is 11.8 Å². The Morgan fingerprint density at radius 1 is 0.818 bits per heavy atom. The number of nitrogens with zero attached hydrogens (tertiary/aromatic N) is 2. The SMILES string of the molecule is CCN(CCN(Cc1cccc(C(=O)Nc2sc3c(c2C(=O)Nc2ccc(CCc4ccc(O)cc4)cc2)CCCC3)c1)C1CC1)C(=O)CCC(=O)O.O.[W]. The van der Waals surface area contributed by atoms with Gasteiger partial charge in [-0.25, -0.2) is 0 Å². The van der Waals surface area contributed by atoms with E-state index in [0.29, 0.717) is 54.0 Å². The Morgan fingerprint density at radius 3 is 2.15 bits per heavy atom. The number of aliphatic carboxylic acids is 1. The van der Waals surface area contributed by atoms with Gasteiger partial charge in [0.2, 0.25) is 5.91 Å². The third-order valence-corrected chi connectivity index (χ3v) is 11.3. The fourth-order valence-corrected chi connectivity index (χ4v) is 8.21. The van der Waals surface area contributed by atoms with E-state index in [1.165, 1.54) is 11.3 Å². The molecule has 0 bridgehead atoms. The van der Waals surface area contributed by atoms with Crippen LogP contribution in [0.3, 0.4) is 0 Å². The van der Waals surface area contributed by atoms with E-state index in [4.69, 9.17) is 5.11 Å².